The average Bonchev–Trinajstić information content (AvgIpc) is 3.28. The van der Waals surface area contributed by atoms with E-state index in [0.717, 1.165) is 31.9 Å². The quantitative estimate of drug-likeness (QED) is 0.667. The number of halogens is 5. The first kappa shape index (κ1) is 20.7. The molecule has 0 saturated heterocycles. The van der Waals surface area contributed by atoms with Crippen LogP contribution in [-0.4, -0.2) is 38.5 Å². The number of alkyl halides is 3. The highest BCUT2D eigenvalue weighted by molar-refractivity contribution is 7.90. The van der Waals surface area contributed by atoms with Gasteiger partial charge in [0.05, 0.1) is 16.6 Å². The minimum absolute atomic E-state index is 0.0322. The molecule has 26 heavy (non-hydrogen) atoms. The number of hydrogen-bond acceptors (Lipinski definition) is 4. The van der Waals surface area contributed by atoms with E-state index in [0.29, 0.717) is 0 Å². The zero-order valence-corrected chi connectivity index (χ0v) is 14.9. The fourth-order valence-electron chi connectivity index (χ4n) is 1.89. The van der Waals surface area contributed by atoms with E-state index in [2.05, 4.69) is 5.32 Å². The van der Waals surface area contributed by atoms with Gasteiger partial charge >= 0.3 is 15.5 Å². The van der Waals surface area contributed by atoms with Crippen molar-refractivity contribution in [2.75, 3.05) is 6.61 Å². The third-order valence-electron chi connectivity index (χ3n) is 3.33. The summed E-state index contributed by atoms with van der Waals surface area (Å²) in [6.07, 6.45) is 1.65. The van der Waals surface area contributed by atoms with Gasteiger partial charge in [0.15, 0.2) is 11.6 Å². The summed E-state index contributed by atoms with van der Waals surface area (Å²) in [5.74, 6) is -1.91. The maximum absolute atomic E-state index is 13.9. The Kier molecular flexibility index (Phi) is 6.03. The Morgan fingerprint density at radius 1 is 1.38 bits per heavy atom. The lowest BCUT2D eigenvalue weighted by molar-refractivity contribution is -0.0451. The molecule has 146 valence electrons. The number of hydrogen-bond donors (Lipinski definition) is 2. The summed E-state index contributed by atoms with van der Waals surface area (Å²) >= 11 is 5.83. The Balaban J connectivity index is 2.05. The lowest BCUT2D eigenvalue weighted by Gasteiger charge is -2.17. The van der Waals surface area contributed by atoms with Crippen LogP contribution >= 0.6 is 11.6 Å². The first-order valence-electron chi connectivity index (χ1n) is 7.42. The number of carbonyl (C=O) groups excluding carboxylic acids is 1. The van der Waals surface area contributed by atoms with Crippen LogP contribution in [0.1, 0.15) is 30.1 Å². The predicted octanol–water partition coefficient (Wildman–Crippen LogP) is 2.58. The van der Waals surface area contributed by atoms with Gasteiger partial charge in [0, 0.05) is 6.04 Å². The first-order valence-corrected chi connectivity index (χ1v) is 9.28. The second kappa shape index (κ2) is 7.57. The Bertz CT molecular complexity index is 797. The normalized spacial score (nSPS) is 16.2. The van der Waals surface area contributed by atoms with E-state index in [9.17, 15) is 30.8 Å². The Labute approximate surface area is 151 Å². The monoisotopic (exact) mass is 418 g/mol. The maximum Gasteiger partial charge on any atom is 0.511 e. The molecule has 6 nitrogen and oxygen atoms in total. The largest absolute Gasteiger partial charge is 0.511 e. The number of amides is 1. The molecule has 1 aromatic rings. The highest BCUT2D eigenvalue weighted by atomic mass is 35.5. The van der Waals surface area contributed by atoms with Gasteiger partial charge in [-0.1, -0.05) is 11.6 Å². The van der Waals surface area contributed by atoms with Crippen LogP contribution in [0.4, 0.5) is 17.6 Å². The summed E-state index contributed by atoms with van der Waals surface area (Å²) < 4.78 is 79.2. The van der Waals surface area contributed by atoms with Crippen molar-refractivity contribution in [3.05, 3.63) is 28.5 Å². The third-order valence-corrected chi connectivity index (χ3v) is 4.96. The van der Waals surface area contributed by atoms with Crippen molar-refractivity contribution in [3.8, 4) is 5.75 Å². The molecule has 2 N–H and O–H groups in total. The zero-order chi connectivity index (χ0) is 19.7. The fourth-order valence-corrected chi connectivity index (χ4v) is 2.85. The van der Waals surface area contributed by atoms with E-state index in [1.54, 1.807) is 0 Å². The summed E-state index contributed by atoms with van der Waals surface area (Å²) in [6.45, 7) is 0.509. The number of benzene rings is 1. The van der Waals surface area contributed by atoms with Crippen LogP contribution in [0, 0.1) is 5.82 Å². The molecule has 1 fully saturated rings. The van der Waals surface area contributed by atoms with Gasteiger partial charge in [-0.2, -0.15) is 13.2 Å². The smallest absolute Gasteiger partial charge is 0.489 e. The van der Waals surface area contributed by atoms with E-state index in [1.807, 2.05) is 0 Å². The van der Waals surface area contributed by atoms with Crippen molar-refractivity contribution in [1.29, 1.82) is 0 Å². The predicted molar refractivity (Wildman–Crippen MR) is 85.0 cm³/mol. The van der Waals surface area contributed by atoms with E-state index < -0.39 is 45.7 Å². The zero-order valence-electron chi connectivity index (χ0n) is 13.4. The number of rotatable bonds is 7. The highest BCUT2D eigenvalue weighted by Crippen LogP contribution is 2.28. The molecule has 0 aromatic heterocycles. The fraction of sp³-hybridized carbons (Fsp3) is 0.500. The first-order chi connectivity index (χ1) is 11.9. The Morgan fingerprint density at radius 2 is 2.00 bits per heavy atom. The van der Waals surface area contributed by atoms with Gasteiger partial charge < -0.3 is 10.1 Å². The SMILES string of the molecule is CC(COc1cc(C(=O)NC2CC2)c(Cl)cc1F)NS(=O)(=O)C(F)(F)F. The minimum Gasteiger partial charge on any atom is -0.489 e. The van der Waals surface area contributed by atoms with Gasteiger partial charge in [0.1, 0.15) is 6.61 Å². The standard InChI is InChI=1S/C14H15ClF4N2O4S/c1-7(21-26(23,24)14(17,18)19)6-25-12-4-9(10(15)5-11(12)16)13(22)20-8-2-3-8/h4-5,7-8,21H,2-3,6H2,1H3,(H,20,22). The second-order valence-electron chi connectivity index (χ2n) is 5.79. The van der Waals surface area contributed by atoms with Crippen molar-refractivity contribution in [2.45, 2.75) is 37.4 Å². The Hall–Kier alpha value is -1.59. The van der Waals surface area contributed by atoms with Crippen molar-refractivity contribution < 1.29 is 35.5 Å². The van der Waals surface area contributed by atoms with Crippen LogP contribution in [0.25, 0.3) is 0 Å². The lowest BCUT2D eigenvalue weighted by atomic mass is 10.2. The number of sulfonamides is 1. The van der Waals surface area contributed by atoms with Crippen LogP contribution in [0.2, 0.25) is 5.02 Å². The van der Waals surface area contributed by atoms with Crippen molar-refractivity contribution in [3.63, 3.8) is 0 Å². The van der Waals surface area contributed by atoms with Gasteiger partial charge in [-0.25, -0.2) is 17.5 Å². The van der Waals surface area contributed by atoms with Crippen LogP contribution in [0.15, 0.2) is 12.1 Å². The molecule has 1 saturated carbocycles. The van der Waals surface area contributed by atoms with E-state index >= 15 is 0 Å². The van der Waals surface area contributed by atoms with Crippen molar-refractivity contribution in [1.82, 2.24) is 10.0 Å². The van der Waals surface area contributed by atoms with Gasteiger partial charge in [0.2, 0.25) is 0 Å². The molecule has 1 atom stereocenters. The van der Waals surface area contributed by atoms with E-state index in [-0.39, 0.29) is 16.6 Å². The van der Waals surface area contributed by atoms with Crippen molar-refractivity contribution >= 4 is 27.5 Å². The van der Waals surface area contributed by atoms with Crippen LogP contribution in [0.5, 0.6) is 5.75 Å². The Morgan fingerprint density at radius 3 is 2.54 bits per heavy atom. The molecule has 1 unspecified atom stereocenters. The molecular weight excluding hydrogens is 404 g/mol. The van der Waals surface area contributed by atoms with Gasteiger partial charge in [-0.15, -0.1) is 0 Å². The van der Waals surface area contributed by atoms with E-state index in [4.69, 9.17) is 16.3 Å². The average molecular weight is 419 g/mol. The van der Waals surface area contributed by atoms with E-state index in [1.165, 1.54) is 4.72 Å². The molecule has 1 aliphatic carbocycles. The van der Waals surface area contributed by atoms with Crippen LogP contribution in [-0.2, 0) is 10.0 Å². The molecule has 0 bridgehead atoms. The molecule has 1 aliphatic rings. The molecule has 0 aliphatic heterocycles. The topological polar surface area (TPSA) is 84.5 Å². The molecular formula is C14H15ClF4N2O4S. The van der Waals surface area contributed by atoms with Gasteiger partial charge in [-0.3, -0.25) is 4.79 Å². The lowest BCUT2D eigenvalue weighted by Crippen LogP contribution is -2.43. The molecule has 1 amide bonds. The minimum atomic E-state index is -5.56. The molecule has 12 heteroatoms. The molecule has 0 spiro atoms. The van der Waals surface area contributed by atoms with Gasteiger partial charge in [0.25, 0.3) is 5.91 Å². The highest BCUT2D eigenvalue weighted by Gasteiger charge is 2.46. The molecule has 2 rings (SSSR count). The molecule has 0 radical (unpaired) electrons. The van der Waals surface area contributed by atoms with Crippen LogP contribution < -0.4 is 14.8 Å². The van der Waals surface area contributed by atoms with Gasteiger partial charge in [-0.05, 0) is 31.9 Å². The molecule has 0 heterocycles. The third kappa shape index (κ3) is 5.21. The summed E-state index contributed by atoms with van der Waals surface area (Å²) in [4.78, 5) is 12.0. The maximum atomic E-state index is 13.9. The number of nitrogens with one attached hydrogen (secondary N) is 2. The van der Waals surface area contributed by atoms with Crippen molar-refractivity contribution in [2.24, 2.45) is 0 Å². The van der Waals surface area contributed by atoms with Crippen LogP contribution in [0.3, 0.4) is 0 Å². The number of carbonyl (C=O) groups is 1. The summed E-state index contributed by atoms with van der Waals surface area (Å²) in [6, 6.07) is 0.578. The second-order valence-corrected chi connectivity index (χ2v) is 7.90. The molecule has 1 aromatic carbocycles. The summed E-state index contributed by atoms with van der Waals surface area (Å²) in [5.41, 5.74) is -5.53. The number of ether oxygens (including phenoxy) is 1. The summed E-state index contributed by atoms with van der Waals surface area (Å²) in [5, 5.41) is 2.50. The summed E-state index contributed by atoms with van der Waals surface area (Å²) in [7, 11) is -5.56.